The highest BCUT2D eigenvalue weighted by Gasteiger charge is 2.57. The van der Waals surface area contributed by atoms with E-state index < -0.39 is 0 Å². The van der Waals surface area contributed by atoms with Crippen LogP contribution in [0, 0.1) is 34.5 Å². The molecule has 0 bridgehead atoms. The van der Waals surface area contributed by atoms with Gasteiger partial charge < -0.3 is 14.4 Å². The Morgan fingerprint density at radius 1 is 1.00 bits per heavy atom. The average molecular weight is 547 g/mol. The number of amides is 1. The van der Waals surface area contributed by atoms with Crippen molar-refractivity contribution in [1.29, 1.82) is 0 Å². The largest absolute Gasteiger partial charge is 0.462 e. The van der Waals surface area contributed by atoms with Crippen LogP contribution < -0.4 is 0 Å². The predicted molar refractivity (Wildman–Crippen MR) is 155 cm³/mol. The summed E-state index contributed by atoms with van der Waals surface area (Å²) in [7, 11) is 0. The number of fused-ring (bicyclic) bond motifs is 5. The van der Waals surface area contributed by atoms with E-state index in [1.54, 1.807) is 4.90 Å². The maximum atomic E-state index is 13.1. The van der Waals surface area contributed by atoms with Gasteiger partial charge in [0.1, 0.15) is 6.10 Å². The number of rotatable bonds is 4. The third kappa shape index (κ3) is 4.79. The van der Waals surface area contributed by atoms with Gasteiger partial charge in [-0.15, -0.1) is 0 Å². The summed E-state index contributed by atoms with van der Waals surface area (Å²) < 4.78 is 11.5. The summed E-state index contributed by atoms with van der Waals surface area (Å²) in [5.41, 5.74) is 4.80. The second-order valence-electron chi connectivity index (χ2n) is 13.8. The number of likely N-dealkylation sites (tertiary alicyclic amines) is 1. The fourth-order valence-electron chi connectivity index (χ4n) is 9.10. The lowest BCUT2D eigenvalue weighted by Crippen LogP contribution is -2.50. The number of carbonyl (C=O) groups excluding carboxylic acids is 2. The maximum absolute atomic E-state index is 13.1. The number of piperidine rings is 1. The topological polar surface area (TPSA) is 68.7 Å². The average Bonchev–Trinajstić information content (AvgIpc) is 3.30. The highest BCUT2D eigenvalue weighted by atomic mass is 16.6. The molecule has 1 aliphatic heterocycles. The van der Waals surface area contributed by atoms with Gasteiger partial charge in [-0.25, -0.2) is 4.79 Å². The molecule has 6 heteroatoms. The Kier molecular flexibility index (Phi) is 7.33. The monoisotopic (exact) mass is 546 g/mol. The molecule has 6 rings (SSSR count). The van der Waals surface area contributed by atoms with Crippen LogP contribution in [0.4, 0.5) is 4.79 Å². The van der Waals surface area contributed by atoms with Crippen molar-refractivity contribution in [3.8, 4) is 0 Å². The number of ether oxygens (including phenoxy) is 2. The predicted octanol–water partition coefficient (Wildman–Crippen LogP) is 7.21. The number of carbonyl (C=O) groups is 2. The Morgan fingerprint density at radius 2 is 1.77 bits per heavy atom. The minimum atomic E-state index is -0.277. The molecule has 3 fully saturated rings. The van der Waals surface area contributed by atoms with Gasteiger partial charge in [0.15, 0.2) is 0 Å². The van der Waals surface area contributed by atoms with E-state index in [9.17, 15) is 9.59 Å². The van der Waals surface area contributed by atoms with Crippen molar-refractivity contribution >= 4 is 17.6 Å². The summed E-state index contributed by atoms with van der Waals surface area (Å²) in [6, 6.07) is 4.29. The summed E-state index contributed by atoms with van der Waals surface area (Å²) in [6.07, 6.45) is 17.6. The Morgan fingerprint density at radius 3 is 2.50 bits per heavy atom. The summed E-state index contributed by atoms with van der Waals surface area (Å²) in [6.45, 7) is 9.84. The zero-order valence-electron chi connectivity index (χ0n) is 24.7. The summed E-state index contributed by atoms with van der Waals surface area (Å²) in [5.74, 6) is 1.91. The number of esters is 1. The molecular formula is C34H46N2O4. The molecule has 6 nitrogen and oxygen atoms in total. The highest BCUT2D eigenvalue weighted by molar-refractivity contribution is 5.74. The standard InChI is InChI=1S/C34H46N2O4/c1-22(2)39-32(38)36-18-13-23(14-19-36)31(37)40-26-11-15-33(3)25(20-26)7-8-27-29-10-9-28(24-6-5-17-35-21-24)34(29,4)16-12-30(27)33/h5-7,9,17,21-23,26-27,29-30H,8,10-16,18-20H2,1-4H3/t26?,27?,29?,30-,33?,34?/m0/s1. The molecule has 216 valence electrons. The van der Waals surface area contributed by atoms with Gasteiger partial charge in [0.25, 0.3) is 0 Å². The van der Waals surface area contributed by atoms with Crippen LogP contribution in [0.3, 0.4) is 0 Å². The van der Waals surface area contributed by atoms with Gasteiger partial charge in [0, 0.05) is 31.9 Å². The lowest BCUT2D eigenvalue weighted by molar-refractivity contribution is -0.158. The Labute approximate surface area is 239 Å². The third-order valence-electron chi connectivity index (χ3n) is 11.3. The number of pyridine rings is 1. The molecular weight excluding hydrogens is 500 g/mol. The molecule has 6 atom stereocenters. The zero-order chi connectivity index (χ0) is 28.1. The summed E-state index contributed by atoms with van der Waals surface area (Å²) in [4.78, 5) is 31.4. The van der Waals surface area contributed by atoms with Gasteiger partial charge in [-0.3, -0.25) is 9.78 Å². The molecule has 1 saturated heterocycles. The number of hydrogen-bond donors (Lipinski definition) is 0. The number of nitrogens with zero attached hydrogens (tertiary/aromatic N) is 2. The van der Waals surface area contributed by atoms with Crippen LogP contribution in [-0.4, -0.2) is 47.2 Å². The van der Waals surface area contributed by atoms with Gasteiger partial charge in [0.05, 0.1) is 12.0 Å². The fourth-order valence-corrected chi connectivity index (χ4v) is 9.10. The van der Waals surface area contributed by atoms with Crippen molar-refractivity contribution in [3.05, 3.63) is 47.8 Å². The van der Waals surface area contributed by atoms with E-state index in [2.05, 4.69) is 43.1 Å². The Hall–Kier alpha value is -2.63. The van der Waals surface area contributed by atoms with Crippen LogP contribution in [0.15, 0.2) is 42.3 Å². The van der Waals surface area contributed by atoms with Crippen molar-refractivity contribution < 1.29 is 19.1 Å². The van der Waals surface area contributed by atoms with E-state index in [1.165, 1.54) is 36.0 Å². The minimum absolute atomic E-state index is 0.0218. The van der Waals surface area contributed by atoms with Crippen molar-refractivity contribution in [1.82, 2.24) is 9.88 Å². The molecule has 0 aromatic carbocycles. The van der Waals surface area contributed by atoms with Crippen molar-refractivity contribution in [3.63, 3.8) is 0 Å². The quantitative estimate of drug-likeness (QED) is 0.295. The van der Waals surface area contributed by atoms with Crippen LogP contribution >= 0.6 is 0 Å². The summed E-state index contributed by atoms with van der Waals surface area (Å²) in [5, 5.41) is 0. The molecule has 1 aromatic heterocycles. The first-order valence-corrected chi connectivity index (χ1v) is 15.7. The van der Waals surface area contributed by atoms with Gasteiger partial charge in [-0.2, -0.15) is 0 Å². The van der Waals surface area contributed by atoms with Crippen LogP contribution in [0.2, 0.25) is 0 Å². The minimum Gasteiger partial charge on any atom is -0.462 e. The summed E-state index contributed by atoms with van der Waals surface area (Å²) >= 11 is 0. The molecule has 40 heavy (non-hydrogen) atoms. The first-order valence-electron chi connectivity index (χ1n) is 15.7. The second-order valence-corrected chi connectivity index (χ2v) is 13.8. The van der Waals surface area contributed by atoms with E-state index in [4.69, 9.17) is 9.47 Å². The lowest BCUT2D eigenvalue weighted by Gasteiger charge is -2.58. The Bertz CT molecular complexity index is 1180. The molecule has 1 amide bonds. The molecule has 5 unspecified atom stereocenters. The smallest absolute Gasteiger partial charge is 0.410 e. The van der Waals surface area contributed by atoms with E-state index in [-0.39, 0.29) is 41.0 Å². The second kappa shape index (κ2) is 10.6. The van der Waals surface area contributed by atoms with Crippen LogP contribution in [0.5, 0.6) is 0 Å². The zero-order valence-corrected chi connectivity index (χ0v) is 24.7. The lowest BCUT2D eigenvalue weighted by atomic mass is 9.47. The molecule has 1 aromatic rings. The van der Waals surface area contributed by atoms with E-state index in [0.29, 0.717) is 43.7 Å². The van der Waals surface area contributed by atoms with E-state index in [0.717, 1.165) is 25.7 Å². The van der Waals surface area contributed by atoms with Crippen LogP contribution in [-0.2, 0) is 14.3 Å². The SMILES string of the molecule is CC(C)OC(=O)N1CCC(C(=O)OC2CCC3(C)C(=CCC4C5CC=C(c6cccnc6)C5(C)CC[C@@H]43)C2)CC1. The number of allylic oxidation sites excluding steroid dienone is 3. The normalized spacial score (nSPS) is 35.7. The molecule has 5 aliphatic rings. The van der Waals surface area contributed by atoms with Gasteiger partial charge >= 0.3 is 12.1 Å². The first-order chi connectivity index (χ1) is 19.2. The van der Waals surface area contributed by atoms with Crippen molar-refractivity contribution in [2.24, 2.45) is 34.5 Å². The first kappa shape index (κ1) is 27.5. The van der Waals surface area contributed by atoms with Crippen LogP contribution in [0.1, 0.15) is 91.0 Å². The molecule has 2 heterocycles. The molecule has 0 spiro atoms. The van der Waals surface area contributed by atoms with Gasteiger partial charge in [-0.05, 0) is 111 Å². The maximum Gasteiger partial charge on any atom is 0.410 e. The number of aromatic nitrogens is 1. The molecule has 0 radical (unpaired) electrons. The van der Waals surface area contributed by atoms with E-state index >= 15 is 0 Å². The number of hydrogen-bond acceptors (Lipinski definition) is 5. The third-order valence-corrected chi connectivity index (χ3v) is 11.3. The Balaban J connectivity index is 1.07. The fraction of sp³-hybridized carbons (Fsp3) is 0.676. The van der Waals surface area contributed by atoms with Crippen molar-refractivity contribution in [2.75, 3.05) is 13.1 Å². The van der Waals surface area contributed by atoms with Gasteiger partial charge in [0.2, 0.25) is 0 Å². The molecule has 0 N–H and O–H groups in total. The van der Waals surface area contributed by atoms with Gasteiger partial charge in [-0.1, -0.05) is 37.6 Å². The highest BCUT2D eigenvalue weighted by Crippen LogP contribution is 2.66. The molecule has 2 saturated carbocycles. The van der Waals surface area contributed by atoms with E-state index in [1.807, 2.05) is 26.2 Å². The molecule has 4 aliphatic carbocycles. The van der Waals surface area contributed by atoms with Crippen LogP contribution in [0.25, 0.3) is 5.57 Å². The van der Waals surface area contributed by atoms with Crippen molar-refractivity contribution in [2.45, 2.75) is 97.7 Å².